The average molecular weight is 330 g/mol. The fraction of sp³-hybridized carbons (Fsp3) is 0.375. The van der Waals surface area contributed by atoms with Crippen LogP contribution in [0.4, 0.5) is 11.9 Å². The van der Waals surface area contributed by atoms with Gasteiger partial charge in [-0.05, 0) is 18.7 Å². The van der Waals surface area contributed by atoms with Gasteiger partial charge in [0.05, 0.1) is 0 Å². The van der Waals surface area contributed by atoms with Crippen molar-refractivity contribution in [3.8, 4) is 0 Å². The molecule has 0 aliphatic heterocycles. The molecule has 2 aromatic rings. The molecule has 1 atom stereocenters. The van der Waals surface area contributed by atoms with Crippen molar-refractivity contribution >= 4 is 17.9 Å². The minimum Gasteiger partial charge on any atom is -0.456 e. The lowest BCUT2D eigenvalue weighted by molar-refractivity contribution is -0.152. The van der Waals surface area contributed by atoms with Crippen molar-refractivity contribution in [2.45, 2.75) is 26.5 Å². The molecule has 0 saturated heterocycles. The monoisotopic (exact) mass is 330 g/mol. The molecule has 1 aromatic heterocycles. The quantitative estimate of drug-likeness (QED) is 0.726. The van der Waals surface area contributed by atoms with Gasteiger partial charge in [0.1, 0.15) is 6.04 Å². The van der Waals surface area contributed by atoms with Crippen LogP contribution in [0, 0.1) is 0 Å². The molecule has 0 bridgehead atoms. The standard InChI is InChI=1S/C16H22N6O2/c1-3-22(4-2)13(11-8-6-5-7-9-11)14(23)24-10-12-19-15(17)21-16(18)20-12/h5-9,13H,3-4,10H2,1-2H3,(H4,17,18,19,20,21)/t13-/m1/s1. The van der Waals surface area contributed by atoms with Crippen LogP contribution >= 0.6 is 0 Å². The number of benzene rings is 1. The highest BCUT2D eigenvalue weighted by Gasteiger charge is 2.27. The van der Waals surface area contributed by atoms with Gasteiger partial charge in [0, 0.05) is 0 Å². The van der Waals surface area contributed by atoms with Crippen molar-refractivity contribution in [3.05, 3.63) is 41.7 Å². The molecule has 0 aliphatic carbocycles. The van der Waals surface area contributed by atoms with Crippen LogP contribution in [-0.4, -0.2) is 38.9 Å². The first kappa shape index (κ1) is 17.6. The minimum atomic E-state index is -0.488. The minimum absolute atomic E-state index is 0.00287. The van der Waals surface area contributed by atoms with Gasteiger partial charge in [0.2, 0.25) is 11.9 Å². The maximum absolute atomic E-state index is 12.6. The maximum atomic E-state index is 12.6. The SMILES string of the molecule is CCN(CC)[C@@H](C(=O)OCc1nc(N)nc(N)n1)c1ccccc1. The number of carbonyl (C=O) groups is 1. The Balaban J connectivity index is 2.15. The van der Waals surface area contributed by atoms with Crippen LogP contribution in [0.1, 0.15) is 31.3 Å². The molecular formula is C16H22N6O2. The first-order valence-corrected chi connectivity index (χ1v) is 7.76. The highest BCUT2D eigenvalue weighted by Crippen LogP contribution is 2.22. The normalized spacial score (nSPS) is 12.1. The zero-order valence-electron chi connectivity index (χ0n) is 13.8. The van der Waals surface area contributed by atoms with Gasteiger partial charge in [-0.1, -0.05) is 44.2 Å². The van der Waals surface area contributed by atoms with E-state index in [1.54, 1.807) is 0 Å². The lowest BCUT2D eigenvalue weighted by Crippen LogP contribution is -2.35. The van der Waals surface area contributed by atoms with E-state index in [9.17, 15) is 4.79 Å². The molecule has 24 heavy (non-hydrogen) atoms. The van der Waals surface area contributed by atoms with Crippen LogP contribution in [0.5, 0.6) is 0 Å². The Bertz CT molecular complexity index is 655. The summed E-state index contributed by atoms with van der Waals surface area (Å²) in [5.74, 6) is -0.157. The molecule has 0 aliphatic rings. The molecule has 0 amide bonds. The number of nitrogen functional groups attached to an aromatic ring is 2. The topological polar surface area (TPSA) is 120 Å². The van der Waals surface area contributed by atoms with Crippen molar-refractivity contribution in [2.24, 2.45) is 0 Å². The van der Waals surface area contributed by atoms with Crippen LogP contribution in [-0.2, 0) is 16.1 Å². The Morgan fingerprint density at radius 3 is 2.21 bits per heavy atom. The summed E-state index contributed by atoms with van der Waals surface area (Å²) < 4.78 is 5.39. The van der Waals surface area contributed by atoms with Crippen LogP contribution < -0.4 is 11.5 Å². The van der Waals surface area contributed by atoms with E-state index in [0.717, 1.165) is 18.7 Å². The summed E-state index contributed by atoms with van der Waals surface area (Å²) in [6.45, 7) is 5.33. The largest absolute Gasteiger partial charge is 0.456 e. The Labute approximate surface area is 140 Å². The first-order valence-electron chi connectivity index (χ1n) is 7.76. The zero-order chi connectivity index (χ0) is 17.5. The van der Waals surface area contributed by atoms with Crippen molar-refractivity contribution < 1.29 is 9.53 Å². The summed E-state index contributed by atoms with van der Waals surface area (Å²) in [4.78, 5) is 26.2. The van der Waals surface area contributed by atoms with Crippen LogP contribution in [0.25, 0.3) is 0 Å². The molecule has 2 rings (SSSR count). The number of aromatic nitrogens is 3. The van der Waals surface area contributed by atoms with Crippen LogP contribution in [0.15, 0.2) is 30.3 Å². The summed E-state index contributed by atoms with van der Waals surface area (Å²) in [5, 5.41) is 0. The van der Waals surface area contributed by atoms with E-state index in [2.05, 4.69) is 15.0 Å². The molecule has 8 nitrogen and oxygen atoms in total. The summed E-state index contributed by atoms with van der Waals surface area (Å²) in [6, 6.07) is 9.02. The fourth-order valence-corrected chi connectivity index (χ4v) is 2.46. The van der Waals surface area contributed by atoms with Gasteiger partial charge in [0.15, 0.2) is 12.4 Å². The number of hydrogen-bond acceptors (Lipinski definition) is 8. The first-order chi connectivity index (χ1) is 11.5. The van der Waals surface area contributed by atoms with E-state index in [1.165, 1.54) is 0 Å². The second kappa shape index (κ2) is 8.21. The Morgan fingerprint density at radius 2 is 1.67 bits per heavy atom. The third kappa shape index (κ3) is 4.39. The van der Waals surface area contributed by atoms with Crippen molar-refractivity contribution in [3.63, 3.8) is 0 Å². The zero-order valence-corrected chi connectivity index (χ0v) is 13.8. The van der Waals surface area contributed by atoms with Crippen molar-refractivity contribution in [2.75, 3.05) is 24.6 Å². The van der Waals surface area contributed by atoms with E-state index in [0.29, 0.717) is 0 Å². The molecule has 128 valence electrons. The molecule has 8 heteroatoms. The van der Waals surface area contributed by atoms with Gasteiger partial charge in [-0.3, -0.25) is 4.90 Å². The number of hydrogen-bond donors (Lipinski definition) is 2. The number of ether oxygens (including phenoxy) is 1. The maximum Gasteiger partial charge on any atom is 0.328 e. The van der Waals surface area contributed by atoms with Crippen molar-refractivity contribution in [1.29, 1.82) is 0 Å². The fourth-order valence-electron chi connectivity index (χ4n) is 2.46. The van der Waals surface area contributed by atoms with Gasteiger partial charge in [-0.15, -0.1) is 0 Å². The second-order valence-corrected chi connectivity index (χ2v) is 5.11. The number of nitrogens with zero attached hydrogens (tertiary/aromatic N) is 4. The second-order valence-electron chi connectivity index (χ2n) is 5.11. The molecule has 1 aromatic carbocycles. The lowest BCUT2D eigenvalue weighted by atomic mass is 10.1. The highest BCUT2D eigenvalue weighted by molar-refractivity contribution is 5.77. The number of rotatable bonds is 7. The Morgan fingerprint density at radius 1 is 1.08 bits per heavy atom. The smallest absolute Gasteiger partial charge is 0.328 e. The number of esters is 1. The number of anilines is 2. The van der Waals surface area contributed by atoms with Gasteiger partial charge < -0.3 is 16.2 Å². The van der Waals surface area contributed by atoms with E-state index < -0.39 is 6.04 Å². The van der Waals surface area contributed by atoms with Gasteiger partial charge >= 0.3 is 5.97 Å². The number of nitrogens with two attached hydrogens (primary N) is 2. The van der Waals surface area contributed by atoms with Gasteiger partial charge in [-0.25, -0.2) is 4.79 Å². The van der Waals surface area contributed by atoms with Crippen LogP contribution in [0.2, 0.25) is 0 Å². The summed E-state index contributed by atoms with van der Waals surface area (Å²) in [7, 11) is 0. The summed E-state index contributed by atoms with van der Waals surface area (Å²) >= 11 is 0. The Kier molecular flexibility index (Phi) is 6.02. The molecule has 4 N–H and O–H groups in total. The van der Waals surface area contributed by atoms with E-state index in [-0.39, 0.29) is 30.3 Å². The molecule has 1 heterocycles. The summed E-state index contributed by atoms with van der Waals surface area (Å²) in [6.07, 6.45) is 0. The Hall–Kier alpha value is -2.74. The predicted octanol–water partition coefficient (Wildman–Crippen LogP) is 1.16. The highest BCUT2D eigenvalue weighted by atomic mass is 16.5. The molecule has 0 saturated carbocycles. The van der Waals surface area contributed by atoms with Gasteiger partial charge in [-0.2, -0.15) is 15.0 Å². The van der Waals surface area contributed by atoms with E-state index >= 15 is 0 Å². The third-order valence-electron chi connectivity index (χ3n) is 3.58. The van der Waals surface area contributed by atoms with E-state index in [1.807, 2.05) is 49.1 Å². The van der Waals surface area contributed by atoms with Gasteiger partial charge in [0.25, 0.3) is 0 Å². The predicted molar refractivity (Wildman–Crippen MR) is 90.6 cm³/mol. The molecule has 0 spiro atoms. The third-order valence-corrected chi connectivity index (χ3v) is 3.58. The summed E-state index contributed by atoms with van der Waals surface area (Å²) in [5.41, 5.74) is 11.9. The average Bonchev–Trinajstić information content (AvgIpc) is 2.57. The molecular weight excluding hydrogens is 308 g/mol. The lowest BCUT2D eigenvalue weighted by Gasteiger charge is -2.28. The molecule has 0 fully saturated rings. The number of carbonyl (C=O) groups excluding carboxylic acids is 1. The van der Waals surface area contributed by atoms with Crippen molar-refractivity contribution in [1.82, 2.24) is 19.9 Å². The number of likely N-dealkylation sites (N-methyl/N-ethyl adjacent to an activating group) is 1. The van der Waals surface area contributed by atoms with E-state index in [4.69, 9.17) is 16.2 Å². The molecule has 0 radical (unpaired) electrons. The molecule has 0 unspecified atom stereocenters. The van der Waals surface area contributed by atoms with Crippen LogP contribution in [0.3, 0.4) is 0 Å².